The molecule has 3 rings (SSSR count). The number of fused-ring (bicyclic) bond motifs is 1. The molecule has 2 N–H and O–H groups in total. The number of hydrogen-bond donors (Lipinski definition) is 2. The maximum absolute atomic E-state index is 12.8. The molecule has 1 aromatic carbocycles. The zero-order valence-electron chi connectivity index (χ0n) is 15.5. The summed E-state index contributed by atoms with van der Waals surface area (Å²) in [6.45, 7) is 4.97. The molecule has 150 valence electrons. The number of nitrogens with zero attached hydrogens (tertiary/aromatic N) is 1. The van der Waals surface area contributed by atoms with E-state index in [2.05, 4.69) is 14.7 Å². The molecule has 5 nitrogen and oxygen atoms in total. The summed E-state index contributed by atoms with van der Waals surface area (Å²) >= 11 is 0. The standard InChI is InChI=1S/C18H24F3N3O2S/c1-17(2,3)27(25,26)24-13-7-4-11(5-8-13)16-22-14-9-6-12(18(19,20)21)10-15(14)23-16/h6,9-11,13,24H,4-5,7-8H2,1-3H3,(H,22,23)/t11-,13-. The molecule has 0 unspecified atom stereocenters. The Hall–Kier alpha value is -1.61. The minimum atomic E-state index is -4.39. The third-order valence-electron chi connectivity index (χ3n) is 5.07. The topological polar surface area (TPSA) is 74.8 Å². The molecule has 1 heterocycles. The quantitative estimate of drug-likeness (QED) is 0.801. The van der Waals surface area contributed by atoms with E-state index in [0.717, 1.165) is 25.0 Å². The molecule has 0 radical (unpaired) electrons. The van der Waals surface area contributed by atoms with Crippen molar-refractivity contribution in [2.75, 3.05) is 0 Å². The molecular weight excluding hydrogens is 379 g/mol. The molecule has 1 fully saturated rings. The molecule has 0 spiro atoms. The average Bonchev–Trinajstić information content (AvgIpc) is 2.96. The number of H-pyrrole nitrogens is 1. The number of sulfonamides is 1. The third kappa shape index (κ3) is 4.29. The van der Waals surface area contributed by atoms with Gasteiger partial charge < -0.3 is 4.98 Å². The maximum Gasteiger partial charge on any atom is 0.416 e. The Morgan fingerprint density at radius 3 is 2.30 bits per heavy atom. The van der Waals surface area contributed by atoms with Crippen LogP contribution in [-0.2, 0) is 16.2 Å². The fourth-order valence-corrected chi connectivity index (χ4v) is 4.30. The first-order valence-electron chi connectivity index (χ1n) is 8.95. The Bertz CT molecular complexity index is 921. The van der Waals surface area contributed by atoms with Crippen LogP contribution in [-0.4, -0.2) is 29.2 Å². The molecule has 0 bridgehead atoms. The zero-order chi connectivity index (χ0) is 20.0. The lowest BCUT2D eigenvalue weighted by Crippen LogP contribution is -2.45. The number of rotatable bonds is 3. The normalized spacial score (nSPS) is 22.3. The minimum Gasteiger partial charge on any atom is -0.342 e. The summed E-state index contributed by atoms with van der Waals surface area (Å²) in [5.41, 5.74) is 0.164. The number of hydrogen-bond acceptors (Lipinski definition) is 3. The summed E-state index contributed by atoms with van der Waals surface area (Å²) < 4.78 is 65.0. The van der Waals surface area contributed by atoms with Crippen LogP contribution in [0.15, 0.2) is 18.2 Å². The number of imidazole rings is 1. The molecule has 2 aromatic rings. The molecular formula is C18H24F3N3O2S. The third-order valence-corrected chi connectivity index (χ3v) is 7.33. The maximum atomic E-state index is 12.8. The summed E-state index contributed by atoms with van der Waals surface area (Å²) in [4.78, 5) is 7.47. The lowest BCUT2D eigenvalue weighted by Gasteiger charge is -2.30. The van der Waals surface area contributed by atoms with Gasteiger partial charge in [-0.15, -0.1) is 0 Å². The number of benzene rings is 1. The van der Waals surface area contributed by atoms with Gasteiger partial charge >= 0.3 is 6.18 Å². The van der Waals surface area contributed by atoms with E-state index in [1.807, 2.05) is 0 Å². The van der Waals surface area contributed by atoms with Gasteiger partial charge in [0.1, 0.15) is 5.82 Å². The second-order valence-corrected chi connectivity index (χ2v) is 10.6. The van der Waals surface area contributed by atoms with Gasteiger partial charge in [-0.1, -0.05) is 0 Å². The van der Waals surface area contributed by atoms with Crippen LogP contribution in [0.1, 0.15) is 63.8 Å². The highest BCUT2D eigenvalue weighted by molar-refractivity contribution is 7.90. The molecule has 1 aliphatic carbocycles. The van der Waals surface area contributed by atoms with Gasteiger partial charge in [0.2, 0.25) is 10.0 Å². The van der Waals surface area contributed by atoms with Crippen LogP contribution in [0.2, 0.25) is 0 Å². The van der Waals surface area contributed by atoms with Crippen LogP contribution in [0.5, 0.6) is 0 Å². The molecule has 0 amide bonds. The molecule has 1 aliphatic rings. The summed E-state index contributed by atoms with van der Waals surface area (Å²) in [7, 11) is -3.40. The summed E-state index contributed by atoms with van der Waals surface area (Å²) in [6, 6.07) is 3.38. The lowest BCUT2D eigenvalue weighted by molar-refractivity contribution is -0.137. The van der Waals surface area contributed by atoms with Crippen molar-refractivity contribution in [3.8, 4) is 0 Å². The first-order chi connectivity index (χ1) is 12.4. The first kappa shape index (κ1) is 20.1. The van der Waals surface area contributed by atoms with Gasteiger partial charge in [0.15, 0.2) is 0 Å². The average molecular weight is 403 g/mol. The number of aromatic amines is 1. The summed E-state index contributed by atoms with van der Waals surface area (Å²) in [5, 5.41) is 0. The number of alkyl halides is 3. The van der Waals surface area contributed by atoms with E-state index in [1.165, 1.54) is 6.07 Å². The zero-order valence-corrected chi connectivity index (χ0v) is 16.3. The molecule has 1 saturated carbocycles. The van der Waals surface area contributed by atoms with E-state index in [9.17, 15) is 21.6 Å². The molecule has 1 aromatic heterocycles. The van der Waals surface area contributed by atoms with Crippen LogP contribution >= 0.6 is 0 Å². The summed E-state index contributed by atoms with van der Waals surface area (Å²) in [6.07, 6.45) is -1.60. The minimum absolute atomic E-state index is 0.0853. The van der Waals surface area contributed by atoms with Crippen molar-refractivity contribution in [1.29, 1.82) is 0 Å². The van der Waals surface area contributed by atoms with E-state index in [4.69, 9.17) is 0 Å². The van der Waals surface area contributed by atoms with Crippen molar-refractivity contribution in [3.63, 3.8) is 0 Å². The largest absolute Gasteiger partial charge is 0.416 e. The predicted octanol–water partition coefficient (Wildman–Crippen LogP) is 4.33. The second-order valence-electron chi connectivity index (χ2n) is 8.13. The number of halogens is 3. The van der Waals surface area contributed by atoms with E-state index in [0.29, 0.717) is 29.7 Å². The van der Waals surface area contributed by atoms with Crippen molar-refractivity contribution >= 4 is 21.1 Å². The monoisotopic (exact) mass is 403 g/mol. The molecule has 27 heavy (non-hydrogen) atoms. The molecule has 0 aliphatic heterocycles. The van der Waals surface area contributed by atoms with Crippen molar-refractivity contribution in [2.24, 2.45) is 0 Å². The number of nitrogens with one attached hydrogen (secondary N) is 2. The first-order valence-corrected chi connectivity index (χ1v) is 10.4. The van der Waals surface area contributed by atoms with Crippen molar-refractivity contribution < 1.29 is 21.6 Å². The van der Waals surface area contributed by atoms with Gasteiger partial charge in [-0.2, -0.15) is 13.2 Å². The smallest absolute Gasteiger partial charge is 0.342 e. The van der Waals surface area contributed by atoms with E-state index >= 15 is 0 Å². The Morgan fingerprint density at radius 2 is 1.74 bits per heavy atom. The van der Waals surface area contributed by atoms with E-state index in [-0.39, 0.29) is 12.0 Å². The Labute approximate surface area is 156 Å². The van der Waals surface area contributed by atoms with Gasteiger partial charge in [0.05, 0.1) is 21.3 Å². The summed E-state index contributed by atoms with van der Waals surface area (Å²) in [5.74, 6) is 0.753. The molecule has 0 atom stereocenters. The predicted molar refractivity (Wildman–Crippen MR) is 97.9 cm³/mol. The van der Waals surface area contributed by atoms with Crippen LogP contribution in [0.4, 0.5) is 13.2 Å². The van der Waals surface area contributed by atoms with Gasteiger partial charge in [-0.25, -0.2) is 18.1 Å². The highest BCUT2D eigenvalue weighted by atomic mass is 32.2. The van der Waals surface area contributed by atoms with E-state index < -0.39 is 26.5 Å². The SMILES string of the molecule is CC(C)(C)S(=O)(=O)N[C@H]1CC[C@H](c2nc3cc(C(F)(F)F)ccc3[nH]2)CC1. The lowest BCUT2D eigenvalue weighted by atomic mass is 9.86. The van der Waals surface area contributed by atoms with Gasteiger partial charge in [0, 0.05) is 12.0 Å². The van der Waals surface area contributed by atoms with Crippen LogP contribution in [0.3, 0.4) is 0 Å². The fraction of sp³-hybridized carbons (Fsp3) is 0.611. The fourth-order valence-electron chi connectivity index (χ4n) is 3.28. The van der Waals surface area contributed by atoms with Gasteiger partial charge in [0.25, 0.3) is 0 Å². The Morgan fingerprint density at radius 1 is 1.11 bits per heavy atom. The van der Waals surface area contributed by atoms with Crippen LogP contribution in [0.25, 0.3) is 11.0 Å². The highest BCUT2D eigenvalue weighted by Gasteiger charge is 2.34. The van der Waals surface area contributed by atoms with Crippen molar-refractivity contribution in [1.82, 2.24) is 14.7 Å². The Balaban J connectivity index is 1.69. The molecule has 0 saturated heterocycles. The van der Waals surface area contributed by atoms with Crippen LogP contribution in [0, 0.1) is 0 Å². The highest BCUT2D eigenvalue weighted by Crippen LogP contribution is 2.35. The van der Waals surface area contributed by atoms with E-state index in [1.54, 1.807) is 20.8 Å². The molecule has 9 heteroatoms. The van der Waals surface area contributed by atoms with Gasteiger partial charge in [-0.3, -0.25) is 0 Å². The second kappa shape index (κ2) is 6.77. The Kier molecular flexibility index (Phi) is 5.05. The van der Waals surface area contributed by atoms with Crippen molar-refractivity contribution in [3.05, 3.63) is 29.6 Å². The van der Waals surface area contributed by atoms with Crippen LogP contribution < -0.4 is 4.72 Å². The number of aromatic nitrogens is 2. The van der Waals surface area contributed by atoms with Crippen molar-refractivity contribution in [2.45, 2.75) is 69.3 Å². The van der Waals surface area contributed by atoms with Gasteiger partial charge in [-0.05, 0) is 64.7 Å².